The molecule has 2 aromatic heterocycles. The van der Waals surface area contributed by atoms with Crippen molar-refractivity contribution in [1.82, 2.24) is 20.1 Å². The summed E-state index contributed by atoms with van der Waals surface area (Å²) in [6.45, 7) is 0.583. The summed E-state index contributed by atoms with van der Waals surface area (Å²) in [6.07, 6.45) is 4.39. The van der Waals surface area contributed by atoms with Gasteiger partial charge in [0.25, 0.3) is 5.56 Å². The molecule has 0 atom stereocenters. The molecule has 26 heavy (non-hydrogen) atoms. The molecule has 1 aromatic carbocycles. The molecule has 0 saturated carbocycles. The average molecular weight is 371 g/mol. The van der Waals surface area contributed by atoms with E-state index in [1.165, 1.54) is 4.68 Å². The van der Waals surface area contributed by atoms with Gasteiger partial charge in [-0.05, 0) is 24.1 Å². The van der Waals surface area contributed by atoms with Crippen molar-refractivity contribution in [3.8, 4) is 0 Å². The van der Waals surface area contributed by atoms with Gasteiger partial charge in [0.1, 0.15) is 0 Å². The molecule has 0 spiro atoms. The van der Waals surface area contributed by atoms with Gasteiger partial charge in [-0.15, -0.1) is 11.6 Å². The number of carbonyl (C=O) groups is 1. The quantitative estimate of drug-likeness (QED) is 0.648. The summed E-state index contributed by atoms with van der Waals surface area (Å²) >= 11 is 5.62. The average Bonchev–Trinajstić information content (AvgIpc) is 2.68. The van der Waals surface area contributed by atoms with E-state index in [0.29, 0.717) is 36.3 Å². The van der Waals surface area contributed by atoms with E-state index in [4.69, 9.17) is 11.6 Å². The fraction of sp³-hybridized carbons (Fsp3) is 0.263. The molecule has 1 N–H and O–H groups in total. The summed E-state index contributed by atoms with van der Waals surface area (Å²) in [7, 11) is 0. The monoisotopic (exact) mass is 370 g/mol. The molecule has 0 fully saturated rings. The first-order valence-corrected chi connectivity index (χ1v) is 8.93. The zero-order chi connectivity index (χ0) is 18.4. The molecule has 0 radical (unpaired) electrons. The molecular formula is C19H19ClN4O2. The lowest BCUT2D eigenvalue weighted by Crippen LogP contribution is -2.29. The van der Waals surface area contributed by atoms with Crippen LogP contribution in [0.25, 0.3) is 10.8 Å². The summed E-state index contributed by atoms with van der Waals surface area (Å²) in [5.41, 5.74) is 1.37. The van der Waals surface area contributed by atoms with Crippen LogP contribution in [0.5, 0.6) is 0 Å². The Kier molecular flexibility index (Phi) is 5.96. The first-order valence-electron chi connectivity index (χ1n) is 8.39. The van der Waals surface area contributed by atoms with Crippen molar-refractivity contribution in [2.75, 3.05) is 5.88 Å². The fourth-order valence-corrected chi connectivity index (χ4v) is 2.84. The van der Waals surface area contributed by atoms with E-state index in [-0.39, 0.29) is 18.0 Å². The molecule has 0 unspecified atom stereocenters. The number of pyridine rings is 1. The lowest BCUT2D eigenvalue weighted by molar-refractivity contribution is -0.121. The second kappa shape index (κ2) is 8.58. The number of halogens is 1. The summed E-state index contributed by atoms with van der Waals surface area (Å²) < 4.78 is 1.42. The third-order valence-electron chi connectivity index (χ3n) is 3.99. The molecule has 2 heterocycles. The Morgan fingerprint density at radius 1 is 1.15 bits per heavy atom. The van der Waals surface area contributed by atoms with Crippen LogP contribution in [0.3, 0.4) is 0 Å². The highest BCUT2D eigenvalue weighted by Gasteiger charge is 2.11. The first-order chi connectivity index (χ1) is 12.7. The highest BCUT2D eigenvalue weighted by molar-refractivity contribution is 6.17. The van der Waals surface area contributed by atoms with Gasteiger partial charge in [0.15, 0.2) is 0 Å². The lowest BCUT2D eigenvalue weighted by atomic mass is 10.1. The minimum Gasteiger partial charge on any atom is -0.350 e. The van der Waals surface area contributed by atoms with E-state index < -0.39 is 0 Å². The SMILES string of the molecule is O=C(CCCCl)NCc1nn(Cc2cccnc2)c(=O)c2ccccc12. The second-order valence-corrected chi connectivity index (χ2v) is 6.26. The smallest absolute Gasteiger partial charge is 0.274 e. The van der Waals surface area contributed by atoms with Crippen LogP contribution in [0.1, 0.15) is 24.1 Å². The third-order valence-corrected chi connectivity index (χ3v) is 4.26. The normalized spacial score (nSPS) is 10.8. The molecule has 7 heteroatoms. The van der Waals surface area contributed by atoms with Crippen LogP contribution >= 0.6 is 11.6 Å². The largest absolute Gasteiger partial charge is 0.350 e. The van der Waals surface area contributed by atoms with Gasteiger partial charge in [-0.3, -0.25) is 14.6 Å². The van der Waals surface area contributed by atoms with Gasteiger partial charge in [-0.25, -0.2) is 4.68 Å². The van der Waals surface area contributed by atoms with Crippen LogP contribution in [0.4, 0.5) is 0 Å². The van der Waals surface area contributed by atoms with Crippen molar-refractivity contribution in [2.24, 2.45) is 0 Å². The predicted octanol–water partition coefficient (Wildman–Crippen LogP) is 2.48. The maximum Gasteiger partial charge on any atom is 0.274 e. The minimum atomic E-state index is -0.165. The van der Waals surface area contributed by atoms with E-state index in [0.717, 1.165) is 10.9 Å². The number of alkyl halides is 1. The number of rotatable bonds is 7. The van der Waals surface area contributed by atoms with Crippen molar-refractivity contribution in [3.05, 3.63) is 70.4 Å². The third kappa shape index (κ3) is 4.26. The van der Waals surface area contributed by atoms with Gasteiger partial charge in [-0.1, -0.05) is 24.3 Å². The van der Waals surface area contributed by atoms with Crippen molar-refractivity contribution < 1.29 is 4.79 Å². The lowest BCUT2D eigenvalue weighted by Gasteiger charge is -2.12. The van der Waals surface area contributed by atoms with E-state index in [1.807, 2.05) is 30.3 Å². The Morgan fingerprint density at radius 2 is 1.96 bits per heavy atom. The Bertz CT molecular complexity index is 957. The highest BCUT2D eigenvalue weighted by atomic mass is 35.5. The van der Waals surface area contributed by atoms with Gasteiger partial charge in [0, 0.05) is 30.1 Å². The van der Waals surface area contributed by atoms with Crippen LogP contribution in [0, 0.1) is 0 Å². The number of aromatic nitrogens is 3. The highest BCUT2D eigenvalue weighted by Crippen LogP contribution is 2.13. The van der Waals surface area contributed by atoms with E-state index in [9.17, 15) is 9.59 Å². The molecule has 0 saturated heterocycles. The number of fused-ring (bicyclic) bond motifs is 1. The van der Waals surface area contributed by atoms with Crippen molar-refractivity contribution in [3.63, 3.8) is 0 Å². The van der Waals surface area contributed by atoms with Crippen LogP contribution < -0.4 is 10.9 Å². The zero-order valence-corrected chi connectivity index (χ0v) is 14.9. The number of hydrogen-bond donors (Lipinski definition) is 1. The predicted molar refractivity (Wildman–Crippen MR) is 101 cm³/mol. The standard InChI is InChI=1S/C19H19ClN4O2/c20-9-3-8-18(25)22-12-17-15-6-1-2-7-16(15)19(26)24(23-17)13-14-5-4-10-21-11-14/h1-2,4-7,10-11H,3,8-9,12-13H2,(H,22,25). The molecule has 6 nitrogen and oxygen atoms in total. The molecule has 0 aliphatic rings. The van der Waals surface area contributed by atoms with Crippen LogP contribution in [-0.2, 0) is 17.9 Å². The Labute approximate surface area is 155 Å². The van der Waals surface area contributed by atoms with Gasteiger partial charge in [-0.2, -0.15) is 5.10 Å². The molecule has 0 aliphatic heterocycles. The van der Waals surface area contributed by atoms with E-state index >= 15 is 0 Å². The number of nitrogens with zero attached hydrogens (tertiary/aromatic N) is 3. The maximum absolute atomic E-state index is 12.7. The summed E-state index contributed by atoms with van der Waals surface area (Å²) in [4.78, 5) is 28.7. The summed E-state index contributed by atoms with van der Waals surface area (Å²) in [5, 5.41) is 8.66. The van der Waals surface area contributed by atoms with Gasteiger partial charge < -0.3 is 5.32 Å². The molecular weight excluding hydrogens is 352 g/mol. The molecule has 0 bridgehead atoms. The number of benzene rings is 1. The Hall–Kier alpha value is -2.73. The number of amides is 1. The van der Waals surface area contributed by atoms with Gasteiger partial charge >= 0.3 is 0 Å². The topological polar surface area (TPSA) is 76.9 Å². The maximum atomic E-state index is 12.7. The minimum absolute atomic E-state index is 0.0819. The van der Waals surface area contributed by atoms with E-state index in [2.05, 4.69) is 15.4 Å². The molecule has 1 amide bonds. The second-order valence-electron chi connectivity index (χ2n) is 5.89. The molecule has 134 valence electrons. The summed E-state index contributed by atoms with van der Waals surface area (Å²) in [6, 6.07) is 11.0. The van der Waals surface area contributed by atoms with Gasteiger partial charge in [0.2, 0.25) is 5.91 Å². The van der Waals surface area contributed by atoms with Gasteiger partial charge in [0.05, 0.1) is 24.2 Å². The number of carbonyl (C=O) groups excluding carboxylic acids is 1. The number of hydrogen-bond acceptors (Lipinski definition) is 4. The zero-order valence-electron chi connectivity index (χ0n) is 14.2. The molecule has 3 aromatic rings. The number of nitrogens with one attached hydrogen (secondary N) is 1. The van der Waals surface area contributed by atoms with Crippen molar-refractivity contribution in [1.29, 1.82) is 0 Å². The Morgan fingerprint density at radius 3 is 2.69 bits per heavy atom. The Balaban J connectivity index is 1.92. The first kappa shape index (κ1) is 18.1. The van der Waals surface area contributed by atoms with Crippen LogP contribution in [0.15, 0.2) is 53.6 Å². The summed E-state index contributed by atoms with van der Waals surface area (Å²) in [5.74, 6) is 0.367. The van der Waals surface area contributed by atoms with Crippen LogP contribution in [0.2, 0.25) is 0 Å². The molecule has 3 rings (SSSR count). The molecule has 0 aliphatic carbocycles. The van der Waals surface area contributed by atoms with Crippen LogP contribution in [-0.4, -0.2) is 26.6 Å². The fourth-order valence-electron chi connectivity index (χ4n) is 2.71. The van der Waals surface area contributed by atoms with Crippen molar-refractivity contribution >= 4 is 28.3 Å². The van der Waals surface area contributed by atoms with E-state index in [1.54, 1.807) is 18.5 Å². The van der Waals surface area contributed by atoms with Crippen molar-refractivity contribution in [2.45, 2.75) is 25.9 Å².